The molecule has 0 spiro atoms. The number of thioether (sulfide) groups is 1. The molecule has 0 aromatic heterocycles. The predicted octanol–water partition coefficient (Wildman–Crippen LogP) is 12.3. The van der Waals surface area contributed by atoms with Crippen molar-refractivity contribution in [2.24, 2.45) is 0 Å². The number of carbonyl (C=O) groups is 2. The molecule has 49 heavy (non-hydrogen) atoms. The molecule has 4 aliphatic heterocycles. The Bertz CT molecular complexity index is 698. The van der Waals surface area contributed by atoms with E-state index in [1.54, 1.807) is 11.8 Å². The first-order valence-corrected chi connectivity index (χ1v) is 20.6. The number of hydrogen-bond donors (Lipinski definition) is 0. The molecule has 0 radical (unpaired) electrons. The average molecular weight is 721 g/mol. The van der Waals surface area contributed by atoms with Gasteiger partial charge in [-0.15, -0.1) is 11.8 Å². The van der Waals surface area contributed by atoms with Crippen molar-refractivity contribution in [3.8, 4) is 0 Å². The Morgan fingerprint density at radius 3 is 0.918 bits per heavy atom. The molecule has 4 rings (SSSR count). The SMILES string of the molecule is C.C.CC.CC.CC.CC.CC(C)(C)N1CCCC1.CC(C)(C)N1CCCC1=O.CC(C)(C)N1CCCCC1.CC(C)(C)N1CSCC1=O. The van der Waals surface area contributed by atoms with E-state index in [0.717, 1.165) is 25.3 Å². The van der Waals surface area contributed by atoms with E-state index in [9.17, 15) is 9.59 Å². The van der Waals surface area contributed by atoms with Crippen LogP contribution in [0.1, 0.15) is 198 Å². The van der Waals surface area contributed by atoms with Gasteiger partial charge in [-0.1, -0.05) is 76.7 Å². The van der Waals surface area contributed by atoms with Gasteiger partial charge in [-0.2, -0.15) is 0 Å². The fourth-order valence-corrected chi connectivity index (χ4v) is 6.39. The largest absolute Gasteiger partial charge is 0.338 e. The van der Waals surface area contributed by atoms with Crippen LogP contribution >= 0.6 is 11.8 Å². The molecule has 4 saturated heterocycles. The van der Waals surface area contributed by atoms with Crippen LogP contribution in [0.2, 0.25) is 0 Å². The average Bonchev–Trinajstić information content (AvgIpc) is 3.80. The minimum atomic E-state index is 0. The number of amides is 2. The number of carbonyl (C=O) groups excluding carboxylic acids is 2. The minimum Gasteiger partial charge on any atom is -0.338 e. The summed E-state index contributed by atoms with van der Waals surface area (Å²) in [6, 6.07) is 0. The van der Waals surface area contributed by atoms with Gasteiger partial charge in [0.25, 0.3) is 0 Å². The van der Waals surface area contributed by atoms with Crippen molar-refractivity contribution in [3.63, 3.8) is 0 Å². The highest BCUT2D eigenvalue weighted by Crippen LogP contribution is 2.24. The summed E-state index contributed by atoms with van der Waals surface area (Å²) in [6.07, 6.45) is 8.82. The second-order valence-electron chi connectivity index (χ2n) is 15.4. The normalized spacial score (nSPS) is 17.7. The number of likely N-dealkylation sites (tertiary alicyclic amines) is 3. The van der Waals surface area contributed by atoms with Gasteiger partial charge in [-0.05, 0) is 141 Å². The summed E-state index contributed by atoms with van der Waals surface area (Å²) in [7, 11) is 0. The molecule has 0 aliphatic carbocycles. The Labute approximate surface area is 316 Å². The van der Waals surface area contributed by atoms with Gasteiger partial charge in [0.05, 0.1) is 11.6 Å². The van der Waals surface area contributed by atoms with Crippen molar-refractivity contribution in [3.05, 3.63) is 0 Å². The van der Waals surface area contributed by atoms with E-state index in [0.29, 0.717) is 22.7 Å². The van der Waals surface area contributed by atoms with Gasteiger partial charge in [-0.3, -0.25) is 19.4 Å². The first-order valence-electron chi connectivity index (χ1n) is 19.4. The lowest BCUT2D eigenvalue weighted by Crippen LogP contribution is -2.44. The van der Waals surface area contributed by atoms with Gasteiger partial charge in [0, 0.05) is 35.1 Å². The fourth-order valence-electron chi connectivity index (χ4n) is 5.25. The third kappa shape index (κ3) is 28.5. The van der Waals surface area contributed by atoms with Gasteiger partial charge < -0.3 is 9.80 Å². The third-order valence-corrected chi connectivity index (χ3v) is 8.69. The number of rotatable bonds is 0. The molecule has 0 bridgehead atoms. The van der Waals surface area contributed by atoms with Gasteiger partial charge in [0.15, 0.2) is 0 Å². The summed E-state index contributed by atoms with van der Waals surface area (Å²) < 4.78 is 0. The van der Waals surface area contributed by atoms with E-state index in [1.165, 1.54) is 58.3 Å². The summed E-state index contributed by atoms with van der Waals surface area (Å²) in [4.78, 5) is 31.3. The van der Waals surface area contributed by atoms with Crippen molar-refractivity contribution in [1.29, 1.82) is 0 Å². The molecule has 4 fully saturated rings. The Morgan fingerprint density at radius 2 is 0.755 bits per heavy atom. The smallest absolute Gasteiger partial charge is 0.233 e. The lowest BCUT2D eigenvalue weighted by molar-refractivity contribution is -0.132. The number of nitrogens with zero attached hydrogens (tertiary/aromatic N) is 4. The van der Waals surface area contributed by atoms with Crippen LogP contribution in [0, 0.1) is 0 Å². The summed E-state index contributed by atoms with van der Waals surface area (Å²) >= 11 is 1.69. The minimum absolute atomic E-state index is 0. The highest BCUT2D eigenvalue weighted by molar-refractivity contribution is 8.00. The molecule has 0 aromatic rings. The molecule has 7 heteroatoms. The predicted molar refractivity (Wildman–Crippen MR) is 229 cm³/mol. The van der Waals surface area contributed by atoms with Crippen LogP contribution in [-0.2, 0) is 9.59 Å². The van der Waals surface area contributed by atoms with E-state index in [1.807, 2.05) is 65.2 Å². The fraction of sp³-hybridized carbons (Fsp3) is 0.952. The van der Waals surface area contributed by atoms with E-state index >= 15 is 0 Å². The molecule has 0 saturated carbocycles. The Morgan fingerprint density at radius 1 is 0.429 bits per heavy atom. The summed E-state index contributed by atoms with van der Waals surface area (Å²) in [5.74, 6) is 2.12. The zero-order chi connectivity index (χ0) is 38.1. The van der Waals surface area contributed by atoms with Crippen molar-refractivity contribution in [2.75, 3.05) is 44.4 Å². The monoisotopic (exact) mass is 721 g/mol. The van der Waals surface area contributed by atoms with Crippen LogP contribution in [0.5, 0.6) is 0 Å². The third-order valence-electron chi connectivity index (χ3n) is 7.80. The van der Waals surface area contributed by atoms with Gasteiger partial charge in [0.2, 0.25) is 11.8 Å². The van der Waals surface area contributed by atoms with Crippen molar-refractivity contribution >= 4 is 23.6 Å². The second-order valence-corrected chi connectivity index (χ2v) is 16.3. The Balaban J connectivity index is -0.000000116. The van der Waals surface area contributed by atoms with Crippen LogP contribution in [-0.4, -0.2) is 97.9 Å². The van der Waals surface area contributed by atoms with Crippen molar-refractivity contribution < 1.29 is 9.59 Å². The van der Waals surface area contributed by atoms with Crippen molar-refractivity contribution in [2.45, 2.75) is 220 Å². The van der Waals surface area contributed by atoms with Crippen LogP contribution < -0.4 is 0 Å². The molecule has 2 amide bonds. The van der Waals surface area contributed by atoms with E-state index in [4.69, 9.17) is 0 Å². The van der Waals surface area contributed by atoms with E-state index in [-0.39, 0.29) is 31.8 Å². The summed E-state index contributed by atoms with van der Waals surface area (Å²) in [6.45, 7) is 48.4. The maximum absolute atomic E-state index is 11.1. The van der Waals surface area contributed by atoms with Gasteiger partial charge in [-0.25, -0.2) is 0 Å². The van der Waals surface area contributed by atoms with E-state index in [2.05, 4.69) is 92.9 Å². The molecule has 0 N–H and O–H groups in total. The van der Waals surface area contributed by atoms with Gasteiger partial charge in [0.1, 0.15) is 0 Å². The van der Waals surface area contributed by atoms with Crippen molar-refractivity contribution in [1.82, 2.24) is 19.6 Å². The highest BCUT2D eigenvalue weighted by atomic mass is 32.2. The highest BCUT2D eigenvalue weighted by Gasteiger charge is 2.31. The zero-order valence-corrected chi connectivity index (χ0v) is 36.7. The molecular formula is C42H96N4O2S. The lowest BCUT2D eigenvalue weighted by atomic mass is 10.0. The quantitative estimate of drug-likeness (QED) is 0.249. The first kappa shape index (κ1) is 60.3. The van der Waals surface area contributed by atoms with Crippen LogP contribution in [0.4, 0.5) is 0 Å². The molecule has 302 valence electrons. The number of hydrogen-bond acceptors (Lipinski definition) is 5. The molecule has 4 aliphatic rings. The molecule has 0 atom stereocenters. The first-order chi connectivity index (χ1) is 21.7. The second kappa shape index (κ2) is 31.9. The topological polar surface area (TPSA) is 47.1 Å². The molecule has 6 nitrogen and oxygen atoms in total. The maximum Gasteiger partial charge on any atom is 0.233 e. The molecule has 4 heterocycles. The van der Waals surface area contributed by atoms with Gasteiger partial charge >= 0.3 is 0 Å². The van der Waals surface area contributed by atoms with E-state index < -0.39 is 0 Å². The van der Waals surface area contributed by atoms with Crippen LogP contribution in [0.3, 0.4) is 0 Å². The maximum atomic E-state index is 11.1. The lowest BCUT2D eigenvalue weighted by Gasteiger charge is -2.38. The summed E-state index contributed by atoms with van der Waals surface area (Å²) in [5, 5.41) is 0. The zero-order valence-electron chi connectivity index (χ0n) is 35.9. The Kier molecular flexibility index (Phi) is 39.3. The number of piperidine rings is 1. The standard InChI is InChI=1S/C9H19N.C8H15NO.C8H17N.C7H13NOS.4C2H6.2CH4/c1-9(2,3)10-7-5-4-6-8-10;1-8(2,3)9-6-4-5-7(9)10;1-8(2,3)9-6-4-5-7-9;1-7(2,3)8-5-10-4-6(8)9;4*1-2;;/h4-8H2,1-3H3;4-6H2,1-3H3;4-7H2,1-3H3;4-5H2,1-3H3;4*1-2H3;2*1H4. The molecule has 0 aromatic carbocycles. The Hall–Kier alpha value is -0.790. The summed E-state index contributed by atoms with van der Waals surface area (Å²) in [5.41, 5.74) is 0.866. The van der Waals surface area contributed by atoms with Crippen LogP contribution in [0.25, 0.3) is 0 Å². The molecular weight excluding hydrogens is 625 g/mol. The van der Waals surface area contributed by atoms with Crippen LogP contribution in [0.15, 0.2) is 0 Å². The molecule has 0 unspecified atom stereocenters.